The van der Waals surface area contributed by atoms with Crippen LogP contribution in [0.4, 0.5) is 11.6 Å². The molecule has 7 aromatic rings. The molecule has 0 fully saturated rings. The molecule has 0 aliphatic rings. The van der Waals surface area contributed by atoms with Crippen molar-refractivity contribution in [1.29, 1.82) is 0 Å². The molecule has 5 N–H and O–H groups in total. The number of aliphatic hydroxyl groups excluding tert-OH is 1. The molecule has 0 spiro atoms. The van der Waals surface area contributed by atoms with E-state index in [9.17, 15) is 16.8 Å². The zero-order chi connectivity index (χ0) is 51.4. The van der Waals surface area contributed by atoms with E-state index < -0.39 is 20.4 Å². The number of thioether (sulfide) groups is 1. The van der Waals surface area contributed by atoms with E-state index in [1.165, 1.54) is 38.1 Å². The Hall–Kier alpha value is -6.97. The molecule has 380 valence electrons. The number of nitrogens with one attached hydrogen (secondary N) is 4. The van der Waals surface area contributed by atoms with E-state index in [1.54, 1.807) is 73.1 Å². The van der Waals surface area contributed by atoms with E-state index in [4.69, 9.17) is 61.5 Å². The Bertz CT molecular complexity index is 3070. The molecular weight excluding hydrogens is 1040 g/mol. The van der Waals surface area contributed by atoms with Gasteiger partial charge in [0.15, 0.2) is 11.6 Å². The molecule has 0 amide bonds. The number of halogens is 2. The van der Waals surface area contributed by atoms with Gasteiger partial charge in [-0.15, -0.1) is 11.8 Å². The maximum atomic E-state index is 12.9. The van der Waals surface area contributed by atoms with Crippen LogP contribution in [0.3, 0.4) is 0 Å². The molecule has 0 unspecified atom stereocenters. The number of nitrogens with zero attached hydrogens (tertiary/aromatic N) is 6. The average molecular weight is 1090 g/mol. The minimum absolute atomic E-state index is 0.00526. The van der Waals surface area contributed by atoms with Crippen LogP contribution in [0.5, 0.6) is 52.3 Å². The first-order valence-electron chi connectivity index (χ1n) is 21.0. The number of aromatic nitrogens is 6. The fourth-order valence-electron chi connectivity index (χ4n) is 5.62. The van der Waals surface area contributed by atoms with Gasteiger partial charge in [0.1, 0.15) is 55.5 Å². The second kappa shape index (κ2) is 27.0. The Kier molecular flexibility index (Phi) is 20.4. The van der Waals surface area contributed by atoms with Crippen LogP contribution in [-0.2, 0) is 33.5 Å². The summed E-state index contributed by atoms with van der Waals surface area (Å²) in [5.41, 5.74) is 1.54. The smallest absolute Gasteiger partial charge is 0.316 e. The van der Waals surface area contributed by atoms with Crippen molar-refractivity contribution in [2.75, 3.05) is 56.3 Å². The Morgan fingerprint density at radius 2 is 1.03 bits per heavy atom. The molecule has 22 nitrogen and oxygen atoms in total. The summed E-state index contributed by atoms with van der Waals surface area (Å²) in [7, 11) is -5.15. The number of ether oxygens (including phenoxy) is 7. The number of hydrogen-bond acceptors (Lipinski definition) is 19. The number of rotatable bonds is 25. The highest BCUT2D eigenvalue weighted by Gasteiger charge is 2.24. The lowest BCUT2D eigenvalue weighted by Gasteiger charge is -2.17. The maximum Gasteiger partial charge on any atom is 0.316 e. The molecule has 27 heteroatoms. The molecule has 0 atom stereocenters. The van der Waals surface area contributed by atoms with E-state index >= 15 is 0 Å². The van der Waals surface area contributed by atoms with Crippen LogP contribution in [0, 0.1) is 0 Å². The summed E-state index contributed by atoms with van der Waals surface area (Å²) >= 11 is 14.0. The molecule has 0 saturated carbocycles. The molecule has 0 saturated heterocycles. The molecule has 7 rings (SSSR count). The van der Waals surface area contributed by atoms with Gasteiger partial charge in [-0.05, 0) is 41.6 Å². The van der Waals surface area contributed by atoms with Crippen LogP contribution >= 0.6 is 35.0 Å². The minimum atomic E-state index is -4.08. The van der Waals surface area contributed by atoms with Gasteiger partial charge < -0.3 is 38.3 Å². The Morgan fingerprint density at radius 1 is 0.583 bits per heavy atom. The van der Waals surface area contributed by atoms with Crippen molar-refractivity contribution in [2.24, 2.45) is 0 Å². The normalized spacial score (nSPS) is 11.1. The van der Waals surface area contributed by atoms with Crippen LogP contribution in [0.25, 0.3) is 0 Å². The van der Waals surface area contributed by atoms with Crippen molar-refractivity contribution in [3.63, 3.8) is 0 Å². The zero-order valence-electron chi connectivity index (χ0n) is 38.4. The fourth-order valence-corrected chi connectivity index (χ4v) is 7.91. The Morgan fingerprint density at radius 3 is 1.46 bits per heavy atom. The number of anilines is 2. The van der Waals surface area contributed by atoms with Crippen molar-refractivity contribution >= 4 is 67.0 Å². The third-order valence-electron chi connectivity index (χ3n) is 9.05. The highest BCUT2D eigenvalue weighted by molar-refractivity contribution is 7.98. The van der Waals surface area contributed by atoms with Crippen molar-refractivity contribution in [2.45, 2.75) is 18.0 Å². The van der Waals surface area contributed by atoms with Gasteiger partial charge in [-0.1, -0.05) is 83.9 Å². The fraction of sp³-hybridized carbons (Fsp3) is 0.200. The molecular formula is C45H46Cl2N10O12S3. The molecule has 0 aliphatic carbocycles. The summed E-state index contributed by atoms with van der Waals surface area (Å²) in [4.78, 5) is 25.3. The van der Waals surface area contributed by atoms with Gasteiger partial charge in [-0.3, -0.25) is 9.44 Å². The highest BCUT2D eigenvalue weighted by atomic mass is 35.5. The van der Waals surface area contributed by atoms with Gasteiger partial charge in [0, 0.05) is 42.5 Å². The molecule has 72 heavy (non-hydrogen) atoms. The lowest BCUT2D eigenvalue weighted by atomic mass is 10.2. The average Bonchev–Trinajstić information content (AvgIpc) is 3.39. The van der Waals surface area contributed by atoms with Crippen LogP contribution in [0.1, 0.15) is 11.1 Å². The standard InChI is InChI=1S/C25H25ClN6O6S2.C20H21ClN4O6S/c1-35-18-8-9-20(26)21(12-18)38-22-23(32-40(33,34)31-13-17-6-4-3-5-7-17)29-16-30-24(22)36-10-11-37-25-27-14-19(39-2)15-28-25;1-29-15-7-8-16(21)17(11-15)31-18-19(22-13-23-20(18)30-10-9-26)25-32(27,28)24-12-14-5-3-2-4-6-14/h3-9,12,14-16,31H,10-11,13H2,1-2H3,(H,29,30,32);2-8,11,13,24,26H,9-10,12H2,1H3,(H,22,23,25). The summed E-state index contributed by atoms with van der Waals surface area (Å²) in [6.07, 6.45) is 7.44. The molecule has 0 bridgehead atoms. The lowest BCUT2D eigenvalue weighted by Crippen LogP contribution is -2.30. The van der Waals surface area contributed by atoms with Crippen molar-refractivity contribution < 1.29 is 55.1 Å². The van der Waals surface area contributed by atoms with Gasteiger partial charge in [-0.2, -0.15) is 36.2 Å². The van der Waals surface area contributed by atoms with Gasteiger partial charge >= 0.3 is 26.4 Å². The van der Waals surface area contributed by atoms with Crippen molar-refractivity contribution in [3.8, 4) is 52.3 Å². The Labute approximate surface area is 429 Å². The van der Waals surface area contributed by atoms with Crippen molar-refractivity contribution in [3.05, 3.63) is 143 Å². The predicted octanol–water partition coefficient (Wildman–Crippen LogP) is 7.10. The van der Waals surface area contributed by atoms with Gasteiger partial charge in [0.05, 0.1) is 30.9 Å². The second-order valence-corrected chi connectivity index (χ2v) is 18.7. The van der Waals surface area contributed by atoms with E-state index in [0.29, 0.717) is 11.5 Å². The lowest BCUT2D eigenvalue weighted by molar-refractivity contribution is 0.192. The van der Waals surface area contributed by atoms with Crippen LogP contribution in [-0.4, -0.2) is 98.7 Å². The quantitative estimate of drug-likeness (QED) is 0.0282. The third kappa shape index (κ3) is 16.8. The van der Waals surface area contributed by atoms with Crippen molar-refractivity contribution in [1.82, 2.24) is 39.3 Å². The first kappa shape index (κ1) is 54.4. The van der Waals surface area contributed by atoms with Gasteiger partial charge in [0.2, 0.25) is 11.5 Å². The van der Waals surface area contributed by atoms with Crippen LogP contribution < -0.4 is 52.0 Å². The Balaban J connectivity index is 0.000000241. The summed E-state index contributed by atoms with van der Waals surface area (Å²) < 4.78 is 99.4. The molecule has 0 radical (unpaired) electrons. The minimum Gasteiger partial charge on any atom is -0.497 e. The molecule has 0 aliphatic heterocycles. The summed E-state index contributed by atoms with van der Waals surface area (Å²) in [6.45, 7) is -0.194. The molecule has 3 aromatic heterocycles. The van der Waals surface area contributed by atoms with E-state index in [-0.39, 0.29) is 102 Å². The van der Waals surface area contributed by atoms with Crippen LogP contribution in [0.15, 0.2) is 127 Å². The predicted molar refractivity (Wildman–Crippen MR) is 269 cm³/mol. The largest absolute Gasteiger partial charge is 0.497 e. The summed E-state index contributed by atoms with van der Waals surface area (Å²) in [5.74, 6) is 0.477. The second-order valence-electron chi connectivity index (χ2n) is 14.0. The molecule has 4 aromatic carbocycles. The molecule has 3 heterocycles. The summed E-state index contributed by atoms with van der Waals surface area (Å²) in [6, 6.07) is 27.7. The van der Waals surface area contributed by atoms with Gasteiger partial charge in [0.25, 0.3) is 11.8 Å². The zero-order valence-corrected chi connectivity index (χ0v) is 42.4. The topological polar surface area (TPSA) is 279 Å². The maximum absolute atomic E-state index is 12.9. The van der Waals surface area contributed by atoms with E-state index in [0.717, 1.165) is 28.7 Å². The first-order valence-corrected chi connectivity index (χ1v) is 25.9. The number of benzene rings is 4. The first-order chi connectivity index (χ1) is 34.8. The number of aliphatic hydroxyl groups is 1. The summed E-state index contributed by atoms with van der Waals surface area (Å²) in [5, 5.41) is 9.56. The SMILES string of the molecule is COc1ccc(Cl)c(Oc2c(NS(=O)(=O)NCc3ccccc3)ncnc2OCCO)c1.COc1ccc(Cl)c(Oc2c(NS(=O)(=O)NCc3ccccc3)ncnc2OCCOc2ncc(SC)cn2)c1. The van der Waals surface area contributed by atoms with Gasteiger partial charge in [-0.25, -0.2) is 19.9 Å². The highest BCUT2D eigenvalue weighted by Crippen LogP contribution is 2.41. The third-order valence-corrected chi connectivity index (χ3v) is 12.3. The van der Waals surface area contributed by atoms with E-state index in [1.807, 2.05) is 30.5 Å². The number of methoxy groups -OCH3 is 2. The van der Waals surface area contributed by atoms with Crippen LogP contribution in [0.2, 0.25) is 10.0 Å². The monoisotopic (exact) mass is 1080 g/mol. The van der Waals surface area contributed by atoms with E-state index in [2.05, 4.69) is 48.8 Å². The number of hydrogen-bond donors (Lipinski definition) is 5.